The first-order valence-electron chi connectivity index (χ1n) is 7.33. The first-order chi connectivity index (χ1) is 10.1. The minimum atomic E-state index is -0.418. The lowest BCUT2D eigenvalue weighted by Gasteiger charge is -2.26. The lowest BCUT2D eigenvalue weighted by molar-refractivity contribution is -0.122. The van der Waals surface area contributed by atoms with E-state index in [4.69, 9.17) is 11.6 Å². The Kier molecular flexibility index (Phi) is 3.50. The molecule has 1 aliphatic heterocycles. The maximum absolute atomic E-state index is 13.1. The van der Waals surface area contributed by atoms with Gasteiger partial charge in [0.1, 0.15) is 0 Å². The lowest BCUT2D eigenvalue weighted by Crippen LogP contribution is -2.37. The van der Waals surface area contributed by atoms with E-state index in [0.717, 1.165) is 29.8 Å². The second-order valence-electron chi connectivity index (χ2n) is 5.43. The second-order valence-corrected chi connectivity index (χ2v) is 5.86. The van der Waals surface area contributed by atoms with Gasteiger partial charge in [0.15, 0.2) is 0 Å². The summed E-state index contributed by atoms with van der Waals surface area (Å²) in [5.41, 5.74) is 2.52. The molecule has 0 unspecified atom stereocenters. The van der Waals surface area contributed by atoms with Gasteiger partial charge in [-0.2, -0.15) is 0 Å². The Labute approximate surface area is 130 Å². The molecule has 21 heavy (non-hydrogen) atoms. The highest BCUT2D eigenvalue weighted by Gasteiger charge is 2.48. The van der Waals surface area contributed by atoms with Crippen LogP contribution in [0.4, 0.5) is 11.4 Å². The van der Waals surface area contributed by atoms with Crippen molar-refractivity contribution in [3.63, 3.8) is 0 Å². The van der Waals surface area contributed by atoms with Crippen LogP contribution in [-0.4, -0.2) is 5.91 Å². The van der Waals surface area contributed by atoms with Gasteiger partial charge >= 0.3 is 0 Å². The van der Waals surface area contributed by atoms with Crippen molar-refractivity contribution in [3.8, 4) is 0 Å². The third-order valence-corrected chi connectivity index (χ3v) is 4.78. The van der Waals surface area contributed by atoms with Crippen LogP contribution >= 0.6 is 11.6 Å². The average Bonchev–Trinajstić information content (AvgIpc) is 2.76. The van der Waals surface area contributed by atoms with E-state index in [1.54, 1.807) is 0 Å². The molecule has 3 heteroatoms. The first-order valence-corrected chi connectivity index (χ1v) is 7.71. The largest absolute Gasteiger partial charge is 0.280 e. The molecule has 0 bridgehead atoms. The molecular formula is C18H18ClNO. The van der Waals surface area contributed by atoms with Crippen LogP contribution in [0.5, 0.6) is 0 Å². The third-order valence-electron chi connectivity index (χ3n) is 4.55. The van der Waals surface area contributed by atoms with Gasteiger partial charge in [-0.3, -0.25) is 9.69 Å². The summed E-state index contributed by atoms with van der Waals surface area (Å²) in [6.07, 6.45) is 1.60. The summed E-state index contributed by atoms with van der Waals surface area (Å²) < 4.78 is 0. The quantitative estimate of drug-likeness (QED) is 0.774. The SMILES string of the molecule is CCC1(CC)C(=O)N(c2cccc(Cl)c2)c2ccccc21. The van der Waals surface area contributed by atoms with Crippen molar-refractivity contribution in [2.45, 2.75) is 32.1 Å². The van der Waals surface area contributed by atoms with Gasteiger partial charge in [-0.05, 0) is 42.7 Å². The first kappa shape index (κ1) is 14.2. The van der Waals surface area contributed by atoms with Crippen LogP contribution in [0.25, 0.3) is 0 Å². The van der Waals surface area contributed by atoms with Crippen molar-refractivity contribution < 1.29 is 4.79 Å². The van der Waals surface area contributed by atoms with Crippen molar-refractivity contribution in [2.24, 2.45) is 0 Å². The zero-order valence-electron chi connectivity index (χ0n) is 12.3. The van der Waals surface area contributed by atoms with Crippen molar-refractivity contribution in [1.82, 2.24) is 0 Å². The molecular weight excluding hydrogens is 282 g/mol. The number of anilines is 2. The second kappa shape index (κ2) is 5.19. The van der Waals surface area contributed by atoms with Gasteiger partial charge in [0.05, 0.1) is 16.8 Å². The van der Waals surface area contributed by atoms with E-state index in [9.17, 15) is 4.79 Å². The standard InChI is InChI=1S/C18H18ClNO/c1-3-18(4-2)15-10-5-6-11-16(15)20(17(18)21)14-9-7-8-13(19)12-14/h5-12H,3-4H2,1-2H3. The summed E-state index contributed by atoms with van der Waals surface area (Å²) in [6.45, 7) is 4.17. The summed E-state index contributed by atoms with van der Waals surface area (Å²) in [6, 6.07) is 15.6. The summed E-state index contributed by atoms with van der Waals surface area (Å²) >= 11 is 6.10. The Morgan fingerprint density at radius 3 is 2.43 bits per heavy atom. The van der Waals surface area contributed by atoms with Gasteiger partial charge in [-0.1, -0.05) is 49.7 Å². The van der Waals surface area contributed by atoms with Crippen LogP contribution in [0.1, 0.15) is 32.3 Å². The normalized spacial score (nSPS) is 16.1. The maximum atomic E-state index is 13.1. The van der Waals surface area contributed by atoms with E-state index in [1.165, 1.54) is 0 Å². The zero-order chi connectivity index (χ0) is 15.0. The van der Waals surface area contributed by atoms with Crippen LogP contribution in [0.3, 0.4) is 0 Å². The van der Waals surface area contributed by atoms with Gasteiger partial charge in [0.2, 0.25) is 5.91 Å². The molecule has 0 atom stereocenters. The Balaban J connectivity index is 2.22. The summed E-state index contributed by atoms with van der Waals surface area (Å²) in [5.74, 6) is 0.149. The molecule has 0 radical (unpaired) electrons. The Morgan fingerprint density at radius 1 is 1.05 bits per heavy atom. The van der Waals surface area contributed by atoms with Gasteiger partial charge in [0, 0.05) is 5.02 Å². The molecule has 2 aromatic rings. The summed E-state index contributed by atoms with van der Waals surface area (Å²) in [7, 11) is 0. The van der Waals surface area contributed by atoms with Gasteiger partial charge in [-0.25, -0.2) is 0 Å². The highest BCUT2D eigenvalue weighted by atomic mass is 35.5. The highest BCUT2D eigenvalue weighted by molar-refractivity contribution is 6.31. The van der Waals surface area contributed by atoms with E-state index in [-0.39, 0.29) is 5.91 Å². The molecule has 0 fully saturated rings. The Morgan fingerprint density at radius 2 is 1.76 bits per heavy atom. The number of halogens is 1. The zero-order valence-corrected chi connectivity index (χ0v) is 13.0. The number of para-hydroxylation sites is 1. The number of hydrogen-bond acceptors (Lipinski definition) is 1. The van der Waals surface area contributed by atoms with Crippen LogP contribution in [0, 0.1) is 0 Å². The molecule has 2 nitrogen and oxygen atoms in total. The topological polar surface area (TPSA) is 20.3 Å². The highest BCUT2D eigenvalue weighted by Crippen LogP contribution is 2.49. The molecule has 1 heterocycles. The van der Waals surface area contributed by atoms with Crippen molar-refractivity contribution in [2.75, 3.05) is 4.90 Å². The number of amides is 1. The molecule has 0 aliphatic carbocycles. The van der Waals surface area contributed by atoms with E-state index >= 15 is 0 Å². The number of carbonyl (C=O) groups excluding carboxylic acids is 1. The molecule has 2 aromatic carbocycles. The van der Waals surface area contributed by atoms with Gasteiger partial charge in [-0.15, -0.1) is 0 Å². The minimum absolute atomic E-state index is 0.149. The number of benzene rings is 2. The predicted molar refractivity (Wildman–Crippen MR) is 87.3 cm³/mol. The fraction of sp³-hybridized carbons (Fsp3) is 0.278. The predicted octanol–water partition coefficient (Wildman–Crippen LogP) is 5.08. The molecule has 1 amide bonds. The fourth-order valence-electron chi connectivity index (χ4n) is 3.32. The molecule has 1 aliphatic rings. The smallest absolute Gasteiger partial charge is 0.242 e. The average molecular weight is 300 g/mol. The summed E-state index contributed by atoms with van der Waals surface area (Å²) in [4.78, 5) is 15.0. The van der Waals surface area contributed by atoms with Gasteiger partial charge < -0.3 is 0 Å². The number of carbonyl (C=O) groups is 1. The van der Waals surface area contributed by atoms with Crippen LogP contribution in [0.2, 0.25) is 5.02 Å². The molecule has 0 spiro atoms. The number of hydrogen-bond donors (Lipinski definition) is 0. The lowest BCUT2D eigenvalue weighted by atomic mass is 9.77. The summed E-state index contributed by atoms with van der Waals surface area (Å²) in [5, 5.41) is 0.642. The number of nitrogens with zero attached hydrogens (tertiary/aromatic N) is 1. The molecule has 3 rings (SSSR count). The van der Waals surface area contributed by atoms with E-state index < -0.39 is 5.41 Å². The van der Waals surface area contributed by atoms with Crippen LogP contribution in [0.15, 0.2) is 48.5 Å². The van der Waals surface area contributed by atoms with Crippen molar-refractivity contribution in [1.29, 1.82) is 0 Å². The monoisotopic (exact) mass is 299 g/mol. The molecule has 0 N–H and O–H groups in total. The third kappa shape index (κ3) is 1.97. The van der Waals surface area contributed by atoms with E-state index in [2.05, 4.69) is 19.9 Å². The van der Waals surface area contributed by atoms with E-state index in [0.29, 0.717) is 5.02 Å². The Bertz CT molecular complexity index is 691. The molecule has 108 valence electrons. The molecule has 0 aromatic heterocycles. The minimum Gasteiger partial charge on any atom is -0.280 e. The number of rotatable bonds is 3. The Hall–Kier alpha value is -1.80. The van der Waals surface area contributed by atoms with Crippen LogP contribution < -0.4 is 4.90 Å². The molecule has 0 saturated heterocycles. The van der Waals surface area contributed by atoms with Crippen molar-refractivity contribution in [3.05, 3.63) is 59.1 Å². The van der Waals surface area contributed by atoms with E-state index in [1.807, 2.05) is 47.4 Å². The van der Waals surface area contributed by atoms with Crippen molar-refractivity contribution >= 4 is 28.9 Å². The maximum Gasteiger partial charge on any atom is 0.242 e. The number of fused-ring (bicyclic) bond motifs is 1. The van der Waals surface area contributed by atoms with Gasteiger partial charge in [0.25, 0.3) is 0 Å². The van der Waals surface area contributed by atoms with Crippen LogP contribution in [-0.2, 0) is 10.2 Å². The molecule has 0 saturated carbocycles. The fourth-order valence-corrected chi connectivity index (χ4v) is 3.50.